The molecular formula is C19H23N3O4S. The van der Waals surface area contributed by atoms with Crippen molar-refractivity contribution in [3.8, 4) is 5.75 Å². The number of ether oxygens (including phenoxy) is 1. The molecule has 0 aliphatic heterocycles. The van der Waals surface area contributed by atoms with E-state index in [9.17, 15) is 13.2 Å². The van der Waals surface area contributed by atoms with Gasteiger partial charge in [0.05, 0.1) is 16.7 Å². The van der Waals surface area contributed by atoms with Gasteiger partial charge in [-0.15, -0.1) is 0 Å². The van der Waals surface area contributed by atoms with Crippen LogP contribution in [-0.4, -0.2) is 33.2 Å². The summed E-state index contributed by atoms with van der Waals surface area (Å²) in [6.45, 7) is 5.58. The van der Waals surface area contributed by atoms with Crippen LogP contribution in [-0.2, 0) is 10.0 Å². The van der Waals surface area contributed by atoms with Crippen LogP contribution in [0, 0.1) is 0 Å². The van der Waals surface area contributed by atoms with Crippen LogP contribution in [0.25, 0.3) is 0 Å². The van der Waals surface area contributed by atoms with Gasteiger partial charge in [-0.05, 0) is 69.8 Å². The lowest BCUT2D eigenvalue weighted by Crippen LogP contribution is -2.20. The zero-order valence-electron chi connectivity index (χ0n) is 15.7. The van der Waals surface area contributed by atoms with Crippen molar-refractivity contribution < 1.29 is 17.9 Å². The third kappa shape index (κ3) is 5.63. The monoisotopic (exact) mass is 389 g/mol. The van der Waals surface area contributed by atoms with Crippen LogP contribution < -0.4 is 14.9 Å². The Labute approximate surface area is 159 Å². The summed E-state index contributed by atoms with van der Waals surface area (Å²) in [5.41, 5.74) is 4.20. The molecule has 0 saturated carbocycles. The molecule has 0 heterocycles. The zero-order valence-corrected chi connectivity index (χ0v) is 16.5. The molecule has 2 aromatic rings. The summed E-state index contributed by atoms with van der Waals surface area (Å²) in [6.07, 6.45) is 0.0615. The maximum absolute atomic E-state index is 12.2. The molecule has 27 heavy (non-hydrogen) atoms. The van der Waals surface area contributed by atoms with Crippen LogP contribution in [0.15, 0.2) is 58.5 Å². The second-order valence-corrected chi connectivity index (χ2v) is 7.95. The number of sulfonamides is 1. The Balaban J connectivity index is 2.05. The van der Waals surface area contributed by atoms with E-state index in [0.717, 1.165) is 0 Å². The molecule has 2 rings (SSSR count). The van der Waals surface area contributed by atoms with Crippen molar-refractivity contribution in [1.82, 2.24) is 10.1 Å². The molecule has 0 bridgehead atoms. The van der Waals surface area contributed by atoms with Gasteiger partial charge in [0.15, 0.2) is 0 Å². The molecule has 0 unspecified atom stereocenters. The minimum Gasteiger partial charge on any atom is -0.491 e. The topological polar surface area (TPSA) is 96.9 Å². The Bertz CT molecular complexity index is 918. The number of nitrogens with zero attached hydrogens (tertiary/aromatic N) is 1. The van der Waals surface area contributed by atoms with Gasteiger partial charge in [-0.2, -0.15) is 5.10 Å². The average Bonchev–Trinajstić information content (AvgIpc) is 2.66. The van der Waals surface area contributed by atoms with Gasteiger partial charge in [-0.3, -0.25) is 4.79 Å². The van der Waals surface area contributed by atoms with E-state index in [1.807, 2.05) is 13.8 Å². The Hall–Kier alpha value is -2.71. The van der Waals surface area contributed by atoms with Crippen LogP contribution in [0.5, 0.6) is 5.75 Å². The number of rotatable bonds is 7. The van der Waals surface area contributed by atoms with Gasteiger partial charge in [-0.1, -0.05) is 12.1 Å². The Morgan fingerprint density at radius 2 is 1.56 bits per heavy atom. The molecule has 0 radical (unpaired) electrons. The predicted octanol–water partition coefficient (Wildman–Crippen LogP) is 2.54. The Kier molecular flexibility index (Phi) is 6.70. The molecule has 1 amide bonds. The predicted molar refractivity (Wildman–Crippen MR) is 105 cm³/mol. The third-order valence-electron chi connectivity index (χ3n) is 3.66. The Morgan fingerprint density at radius 3 is 2.07 bits per heavy atom. The lowest BCUT2D eigenvalue weighted by molar-refractivity contribution is 0.0955. The van der Waals surface area contributed by atoms with Gasteiger partial charge in [-0.25, -0.2) is 18.6 Å². The highest BCUT2D eigenvalue weighted by Gasteiger charge is 2.11. The Morgan fingerprint density at radius 1 is 1.00 bits per heavy atom. The van der Waals surface area contributed by atoms with E-state index in [0.29, 0.717) is 22.6 Å². The van der Waals surface area contributed by atoms with Crippen LogP contribution in [0.3, 0.4) is 0 Å². The molecule has 0 fully saturated rings. The van der Waals surface area contributed by atoms with Crippen molar-refractivity contribution in [3.05, 3.63) is 59.7 Å². The van der Waals surface area contributed by atoms with Gasteiger partial charge < -0.3 is 4.74 Å². The van der Waals surface area contributed by atoms with E-state index in [1.165, 1.54) is 19.2 Å². The van der Waals surface area contributed by atoms with Crippen molar-refractivity contribution in [1.29, 1.82) is 0 Å². The van der Waals surface area contributed by atoms with Crippen molar-refractivity contribution >= 4 is 21.6 Å². The van der Waals surface area contributed by atoms with Crippen molar-refractivity contribution in [2.24, 2.45) is 5.10 Å². The zero-order chi connectivity index (χ0) is 20.0. The van der Waals surface area contributed by atoms with Gasteiger partial charge in [0, 0.05) is 5.56 Å². The number of nitrogens with one attached hydrogen (secondary N) is 2. The van der Waals surface area contributed by atoms with E-state index in [1.54, 1.807) is 43.3 Å². The van der Waals surface area contributed by atoms with E-state index >= 15 is 0 Å². The summed E-state index contributed by atoms with van der Waals surface area (Å²) >= 11 is 0. The lowest BCUT2D eigenvalue weighted by Gasteiger charge is -2.09. The number of benzene rings is 2. The average molecular weight is 389 g/mol. The molecule has 7 nitrogen and oxygen atoms in total. The SMILES string of the molecule is CNS(=O)(=O)c1ccc(/C(C)=N\NC(=O)c2ccc(OC(C)C)cc2)cc1. The quantitative estimate of drug-likeness (QED) is 0.562. The number of carbonyl (C=O) groups is 1. The molecule has 0 aliphatic rings. The fraction of sp³-hybridized carbons (Fsp3) is 0.263. The third-order valence-corrected chi connectivity index (χ3v) is 5.09. The molecule has 2 N–H and O–H groups in total. The summed E-state index contributed by atoms with van der Waals surface area (Å²) in [5, 5.41) is 4.07. The molecule has 0 aliphatic carbocycles. The van der Waals surface area contributed by atoms with E-state index in [-0.39, 0.29) is 16.9 Å². The largest absolute Gasteiger partial charge is 0.491 e. The molecule has 8 heteroatoms. The highest BCUT2D eigenvalue weighted by molar-refractivity contribution is 7.89. The summed E-state index contributed by atoms with van der Waals surface area (Å²) in [6, 6.07) is 13.0. The van der Waals surface area contributed by atoms with Gasteiger partial charge in [0.1, 0.15) is 5.75 Å². The van der Waals surface area contributed by atoms with Crippen LogP contribution in [0.2, 0.25) is 0 Å². The first-order chi connectivity index (χ1) is 12.7. The molecule has 2 aromatic carbocycles. The minimum absolute atomic E-state index is 0.0615. The van der Waals surface area contributed by atoms with Gasteiger partial charge in [0.25, 0.3) is 5.91 Å². The number of hydrogen-bond acceptors (Lipinski definition) is 5. The highest BCUT2D eigenvalue weighted by Crippen LogP contribution is 2.14. The second kappa shape index (κ2) is 8.79. The number of amides is 1. The van der Waals surface area contributed by atoms with E-state index in [4.69, 9.17) is 4.74 Å². The summed E-state index contributed by atoms with van der Waals surface area (Å²) in [7, 11) is -2.13. The van der Waals surface area contributed by atoms with Gasteiger partial charge >= 0.3 is 0 Å². The first-order valence-corrected chi connectivity index (χ1v) is 9.86. The van der Waals surface area contributed by atoms with Gasteiger partial charge in [0.2, 0.25) is 10.0 Å². The number of hydrazone groups is 1. The fourth-order valence-corrected chi connectivity index (χ4v) is 2.94. The summed E-state index contributed by atoms with van der Waals surface area (Å²) in [5.74, 6) is 0.345. The first kappa shape index (κ1) is 20.6. The highest BCUT2D eigenvalue weighted by atomic mass is 32.2. The first-order valence-electron chi connectivity index (χ1n) is 8.38. The minimum atomic E-state index is -3.48. The fourth-order valence-electron chi connectivity index (χ4n) is 2.21. The molecule has 0 aromatic heterocycles. The van der Waals surface area contributed by atoms with Crippen LogP contribution in [0.1, 0.15) is 36.7 Å². The van der Waals surface area contributed by atoms with E-state index < -0.39 is 10.0 Å². The summed E-state index contributed by atoms with van der Waals surface area (Å²) < 4.78 is 31.3. The molecule has 0 saturated heterocycles. The van der Waals surface area contributed by atoms with Crippen molar-refractivity contribution in [2.75, 3.05) is 7.05 Å². The molecular weight excluding hydrogens is 366 g/mol. The second-order valence-electron chi connectivity index (χ2n) is 6.06. The van der Waals surface area contributed by atoms with E-state index in [2.05, 4.69) is 15.2 Å². The number of hydrogen-bond donors (Lipinski definition) is 2. The smallest absolute Gasteiger partial charge is 0.271 e. The van der Waals surface area contributed by atoms with Crippen LogP contribution in [0.4, 0.5) is 0 Å². The number of carbonyl (C=O) groups excluding carboxylic acids is 1. The standard InChI is InChI=1S/C19H23N3O4S/c1-13(2)26-17-9-5-16(6-10-17)19(23)22-21-14(3)15-7-11-18(12-8-15)27(24,25)20-4/h5-13,20H,1-4H3,(H,22,23)/b21-14-. The maximum Gasteiger partial charge on any atom is 0.271 e. The normalized spacial score (nSPS) is 12.1. The summed E-state index contributed by atoms with van der Waals surface area (Å²) in [4.78, 5) is 12.4. The molecule has 0 atom stereocenters. The van der Waals surface area contributed by atoms with Crippen LogP contribution >= 0.6 is 0 Å². The lowest BCUT2D eigenvalue weighted by atomic mass is 10.1. The maximum atomic E-state index is 12.2. The van der Waals surface area contributed by atoms with Crippen molar-refractivity contribution in [3.63, 3.8) is 0 Å². The van der Waals surface area contributed by atoms with Crippen molar-refractivity contribution in [2.45, 2.75) is 31.8 Å². The molecule has 144 valence electrons. The molecule has 0 spiro atoms.